The van der Waals surface area contributed by atoms with E-state index >= 15 is 0 Å². The molecule has 2 atom stereocenters. The van der Waals surface area contributed by atoms with E-state index in [1.165, 1.54) is 12.0 Å². The first-order valence-electron chi connectivity index (χ1n) is 12.9. The number of carbonyl (C=O) groups excluding carboxylic acids is 1. The summed E-state index contributed by atoms with van der Waals surface area (Å²) in [7, 11) is 0. The summed E-state index contributed by atoms with van der Waals surface area (Å²) in [6, 6.07) is 6.11. The molecule has 1 heterocycles. The lowest BCUT2D eigenvalue weighted by Gasteiger charge is -2.35. The zero-order valence-electron chi connectivity index (χ0n) is 21.3. The Morgan fingerprint density at radius 3 is 2.41 bits per heavy atom. The summed E-state index contributed by atoms with van der Waals surface area (Å²) in [5, 5.41) is 14.3. The van der Waals surface area contributed by atoms with Gasteiger partial charge in [0.2, 0.25) is 0 Å². The Kier molecular flexibility index (Phi) is 7.30. The molecule has 0 saturated heterocycles. The van der Waals surface area contributed by atoms with Crippen molar-refractivity contribution in [2.75, 3.05) is 0 Å². The summed E-state index contributed by atoms with van der Waals surface area (Å²) < 4.78 is 5.94. The molecule has 0 radical (unpaired) electrons. The van der Waals surface area contributed by atoms with Gasteiger partial charge in [0, 0.05) is 30.2 Å². The molecular formula is C29H39NO4. The lowest BCUT2D eigenvalue weighted by molar-refractivity contribution is -0.142. The minimum atomic E-state index is -0.892. The molecule has 5 nitrogen and oxygen atoms in total. The van der Waals surface area contributed by atoms with Crippen LogP contribution in [0.4, 0.5) is 0 Å². The number of rotatable bonds is 11. The molecule has 2 aliphatic carbocycles. The van der Waals surface area contributed by atoms with Crippen molar-refractivity contribution in [2.24, 2.45) is 17.8 Å². The van der Waals surface area contributed by atoms with Crippen molar-refractivity contribution in [2.45, 2.75) is 97.3 Å². The number of aryl methyl sites for hydroxylation is 2. The van der Waals surface area contributed by atoms with E-state index in [0.29, 0.717) is 24.2 Å². The fourth-order valence-electron chi connectivity index (χ4n) is 5.73. The van der Waals surface area contributed by atoms with Gasteiger partial charge >= 0.3 is 5.97 Å². The fraction of sp³-hybridized carbons (Fsp3) is 0.621. The molecule has 0 bridgehead atoms. The first kappa shape index (κ1) is 24.7. The normalized spacial score (nSPS) is 21.8. The molecule has 2 saturated carbocycles. The number of carboxylic acid groups (broad SMARTS) is 1. The van der Waals surface area contributed by atoms with Gasteiger partial charge in [-0.25, -0.2) is 0 Å². The van der Waals surface area contributed by atoms with Crippen molar-refractivity contribution in [3.05, 3.63) is 51.9 Å². The number of ketones is 1. The summed E-state index contributed by atoms with van der Waals surface area (Å²) in [6.45, 7) is 10.3. The lowest BCUT2D eigenvalue weighted by Crippen LogP contribution is -2.25. The topological polar surface area (TPSA) is 80.4 Å². The number of aromatic nitrogens is 1. The minimum absolute atomic E-state index is 0.0528. The predicted molar refractivity (Wildman–Crippen MR) is 132 cm³/mol. The maximum atomic E-state index is 13.2. The molecule has 5 heteroatoms. The van der Waals surface area contributed by atoms with Crippen molar-refractivity contribution >= 4 is 11.8 Å². The first-order valence-corrected chi connectivity index (χ1v) is 12.9. The Balaban J connectivity index is 1.56. The van der Waals surface area contributed by atoms with Crippen LogP contribution >= 0.6 is 0 Å². The van der Waals surface area contributed by atoms with Crippen LogP contribution in [0.5, 0.6) is 0 Å². The van der Waals surface area contributed by atoms with E-state index in [2.05, 4.69) is 25.1 Å². The summed E-state index contributed by atoms with van der Waals surface area (Å²) in [4.78, 5) is 25.2. The van der Waals surface area contributed by atoms with Crippen molar-refractivity contribution < 1.29 is 19.2 Å². The molecule has 2 aliphatic rings. The van der Waals surface area contributed by atoms with Gasteiger partial charge in [0.25, 0.3) is 0 Å². The predicted octanol–water partition coefficient (Wildman–Crippen LogP) is 6.71. The van der Waals surface area contributed by atoms with Gasteiger partial charge in [0.15, 0.2) is 0 Å². The SMILES string of the molecule is Cc1ccc(CC(=O)CC(c2noc(C3CC(CC(C)C)C3)c2C2CC2)C(C)C(=O)O)c(C)c1. The molecule has 0 amide bonds. The second-order valence-electron chi connectivity index (χ2n) is 11.4. The van der Waals surface area contributed by atoms with E-state index in [1.54, 1.807) is 6.92 Å². The second kappa shape index (κ2) is 10.1. The second-order valence-corrected chi connectivity index (χ2v) is 11.4. The molecule has 2 fully saturated rings. The molecule has 34 heavy (non-hydrogen) atoms. The molecule has 0 aliphatic heterocycles. The molecule has 184 valence electrons. The summed E-state index contributed by atoms with van der Waals surface area (Å²) in [5.41, 5.74) is 5.13. The van der Waals surface area contributed by atoms with E-state index < -0.39 is 17.8 Å². The molecule has 4 rings (SSSR count). The molecule has 1 aromatic heterocycles. The Morgan fingerprint density at radius 2 is 1.82 bits per heavy atom. The maximum absolute atomic E-state index is 13.2. The molecule has 1 aromatic carbocycles. The number of Topliss-reactive ketones (excluding diaryl/α,β-unsaturated/α-hetero) is 1. The van der Waals surface area contributed by atoms with Crippen molar-refractivity contribution in [1.82, 2.24) is 5.16 Å². The van der Waals surface area contributed by atoms with Crippen LogP contribution in [-0.2, 0) is 16.0 Å². The van der Waals surface area contributed by atoms with Gasteiger partial charge in [0.1, 0.15) is 11.5 Å². The standard InChI is InChI=1S/C29H39NO4/c1-16(2)10-20-12-23(13-20)28-26(21-8-9-21)27(30-34-28)25(19(5)29(32)33)15-24(31)14-22-7-6-17(3)11-18(22)4/h6-7,11,16,19-21,23,25H,8-10,12-15H2,1-5H3,(H,32,33). The van der Waals surface area contributed by atoms with Gasteiger partial charge in [-0.15, -0.1) is 0 Å². The third-order valence-electron chi connectivity index (χ3n) is 7.86. The first-order chi connectivity index (χ1) is 16.1. The third-order valence-corrected chi connectivity index (χ3v) is 7.86. The van der Waals surface area contributed by atoms with Crippen LogP contribution in [0.15, 0.2) is 22.7 Å². The highest BCUT2D eigenvalue weighted by atomic mass is 16.5. The van der Waals surface area contributed by atoms with Crippen LogP contribution in [-0.4, -0.2) is 22.0 Å². The largest absolute Gasteiger partial charge is 0.481 e. The van der Waals surface area contributed by atoms with Crippen LogP contribution < -0.4 is 0 Å². The monoisotopic (exact) mass is 465 g/mol. The summed E-state index contributed by atoms with van der Waals surface area (Å²) in [6.07, 6.45) is 6.16. The summed E-state index contributed by atoms with van der Waals surface area (Å²) in [5.74, 6) is 1.19. The Hall–Kier alpha value is -2.43. The van der Waals surface area contributed by atoms with Crippen molar-refractivity contribution in [3.8, 4) is 0 Å². The van der Waals surface area contributed by atoms with Gasteiger partial charge in [-0.3, -0.25) is 9.59 Å². The fourth-order valence-corrected chi connectivity index (χ4v) is 5.73. The Labute approximate surface area is 203 Å². The van der Waals surface area contributed by atoms with E-state index in [1.807, 2.05) is 26.0 Å². The third kappa shape index (κ3) is 5.45. The van der Waals surface area contributed by atoms with E-state index in [4.69, 9.17) is 4.52 Å². The lowest BCUT2D eigenvalue weighted by atomic mass is 9.69. The van der Waals surface area contributed by atoms with E-state index in [0.717, 1.165) is 59.7 Å². The van der Waals surface area contributed by atoms with Crippen molar-refractivity contribution in [3.63, 3.8) is 0 Å². The highest BCUT2D eigenvalue weighted by molar-refractivity contribution is 5.83. The molecule has 2 aromatic rings. The average molecular weight is 466 g/mol. The number of benzene rings is 1. The highest BCUT2D eigenvalue weighted by Gasteiger charge is 2.43. The Morgan fingerprint density at radius 1 is 1.12 bits per heavy atom. The van der Waals surface area contributed by atoms with Gasteiger partial charge in [0.05, 0.1) is 11.6 Å². The van der Waals surface area contributed by atoms with Gasteiger partial charge in [-0.2, -0.15) is 0 Å². The van der Waals surface area contributed by atoms with Crippen LogP contribution in [0.1, 0.15) is 111 Å². The number of nitrogens with zero attached hydrogens (tertiary/aromatic N) is 1. The highest BCUT2D eigenvalue weighted by Crippen LogP contribution is 2.53. The maximum Gasteiger partial charge on any atom is 0.306 e. The van der Waals surface area contributed by atoms with E-state index in [9.17, 15) is 14.7 Å². The smallest absolute Gasteiger partial charge is 0.306 e. The molecular weight excluding hydrogens is 426 g/mol. The zero-order chi connectivity index (χ0) is 24.6. The molecule has 2 unspecified atom stereocenters. The number of hydrogen-bond acceptors (Lipinski definition) is 4. The van der Waals surface area contributed by atoms with E-state index in [-0.39, 0.29) is 12.2 Å². The zero-order valence-corrected chi connectivity index (χ0v) is 21.3. The van der Waals surface area contributed by atoms with Crippen LogP contribution in [0.2, 0.25) is 0 Å². The molecule has 1 N–H and O–H groups in total. The van der Waals surface area contributed by atoms with Gasteiger partial charge < -0.3 is 9.63 Å². The van der Waals surface area contributed by atoms with Crippen LogP contribution in [0, 0.1) is 31.6 Å². The van der Waals surface area contributed by atoms with Crippen LogP contribution in [0.25, 0.3) is 0 Å². The van der Waals surface area contributed by atoms with Crippen molar-refractivity contribution in [1.29, 1.82) is 0 Å². The number of hydrogen-bond donors (Lipinski definition) is 1. The minimum Gasteiger partial charge on any atom is -0.481 e. The number of carbonyl (C=O) groups is 2. The van der Waals surface area contributed by atoms with Gasteiger partial charge in [-0.1, -0.05) is 49.7 Å². The number of aliphatic carboxylic acids is 1. The molecule has 0 spiro atoms. The quantitative estimate of drug-likeness (QED) is 0.399. The van der Waals surface area contributed by atoms with Gasteiger partial charge in [-0.05, 0) is 74.8 Å². The average Bonchev–Trinajstić information content (AvgIpc) is 3.49. The number of carboxylic acids is 1. The van der Waals surface area contributed by atoms with Crippen LogP contribution in [0.3, 0.4) is 0 Å². The summed E-state index contributed by atoms with van der Waals surface area (Å²) >= 11 is 0. The Bertz CT molecular complexity index is 1040.